The summed E-state index contributed by atoms with van der Waals surface area (Å²) >= 11 is 6.23. The van der Waals surface area contributed by atoms with E-state index in [0.29, 0.717) is 22.2 Å². The quantitative estimate of drug-likeness (QED) is 0.551. The molecule has 0 spiro atoms. The first-order valence-corrected chi connectivity index (χ1v) is 7.84. The summed E-state index contributed by atoms with van der Waals surface area (Å²) in [4.78, 5) is 8.63. The van der Waals surface area contributed by atoms with Gasteiger partial charge in [0, 0.05) is 29.1 Å². The number of rotatable bonds is 3. The lowest BCUT2D eigenvalue weighted by Crippen LogP contribution is -1.98. The van der Waals surface area contributed by atoms with Crippen LogP contribution in [0, 0.1) is 5.82 Å². The lowest BCUT2D eigenvalue weighted by atomic mass is 10.1. The number of hydrogen-bond donors (Lipinski definition) is 0. The second-order valence-corrected chi connectivity index (χ2v) is 5.73. The zero-order chi connectivity index (χ0) is 17.4. The van der Waals surface area contributed by atoms with E-state index in [9.17, 15) is 4.39 Å². The van der Waals surface area contributed by atoms with Gasteiger partial charge >= 0.3 is 0 Å². The summed E-state index contributed by atoms with van der Waals surface area (Å²) in [5.41, 5.74) is 3.61. The third kappa shape index (κ3) is 2.70. The van der Waals surface area contributed by atoms with Crippen LogP contribution in [0.4, 0.5) is 4.39 Å². The van der Waals surface area contributed by atoms with Crippen molar-refractivity contribution < 1.29 is 9.13 Å². The van der Waals surface area contributed by atoms with Crippen LogP contribution in [-0.2, 0) is 0 Å². The maximum atomic E-state index is 13.2. The van der Waals surface area contributed by atoms with Crippen molar-refractivity contribution in [1.82, 2.24) is 19.6 Å². The van der Waals surface area contributed by atoms with E-state index >= 15 is 0 Å². The van der Waals surface area contributed by atoms with E-state index in [1.165, 1.54) is 12.1 Å². The average Bonchev–Trinajstić information content (AvgIpc) is 3.05. The Morgan fingerprint density at radius 3 is 2.64 bits per heavy atom. The highest BCUT2D eigenvalue weighted by Crippen LogP contribution is 2.34. The second kappa shape index (κ2) is 6.14. The van der Waals surface area contributed by atoms with Crippen molar-refractivity contribution in [3.63, 3.8) is 0 Å². The second-order valence-electron chi connectivity index (χ2n) is 5.34. The summed E-state index contributed by atoms with van der Waals surface area (Å²) in [6, 6.07) is 9.62. The highest BCUT2D eigenvalue weighted by molar-refractivity contribution is 6.29. The van der Waals surface area contributed by atoms with E-state index in [1.54, 1.807) is 54.5 Å². The third-order valence-corrected chi connectivity index (χ3v) is 4.05. The molecule has 0 aliphatic rings. The first kappa shape index (κ1) is 15.5. The number of hydrogen-bond acceptors (Lipinski definition) is 4. The van der Waals surface area contributed by atoms with E-state index in [4.69, 9.17) is 16.3 Å². The van der Waals surface area contributed by atoms with Crippen LogP contribution in [0.5, 0.6) is 5.75 Å². The van der Waals surface area contributed by atoms with Crippen molar-refractivity contribution >= 4 is 17.2 Å². The Bertz CT molecular complexity index is 1060. The molecule has 0 aliphatic heterocycles. The van der Waals surface area contributed by atoms with Crippen LogP contribution >= 0.6 is 11.6 Å². The van der Waals surface area contributed by atoms with Gasteiger partial charge in [-0.1, -0.05) is 11.6 Å². The van der Waals surface area contributed by atoms with Gasteiger partial charge in [0.2, 0.25) is 0 Å². The number of fused-ring (bicyclic) bond motifs is 1. The van der Waals surface area contributed by atoms with Crippen molar-refractivity contribution in [2.75, 3.05) is 7.11 Å². The van der Waals surface area contributed by atoms with Gasteiger partial charge < -0.3 is 4.74 Å². The van der Waals surface area contributed by atoms with Gasteiger partial charge in [-0.05, 0) is 36.4 Å². The first-order chi connectivity index (χ1) is 12.2. The molecule has 4 aromatic rings. The van der Waals surface area contributed by atoms with Gasteiger partial charge in [0.1, 0.15) is 11.6 Å². The summed E-state index contributed by atoms with van der Waals surface area (Å²) in [5.74, 6) is 0.356. The van der Waals surface area contributed by atoms with Gasteiger partial charge in [-0.2, -0.15) is 5.10 Å². The smallest absolute Gasteiger partial charge is 0.162 e. The van der Waals surface area contributed by atoms with E-state index in [0.717, 1.165) is 16.7 Å². The summed E-state index contributed by atoms with van der Waals surface area (Å²) in [6.07, 6.45) is 5.02. The molecule has 0 aliphatic carbocycles. The molecule has 1 aromatic carbocycles. The van der Waals surface area contributed by atoms with Crippen LogP contribution in [-0.4, -0.2) is 26.7 Å². The number of pyridine rings is 1. The van der Waals surface area contributed by atoms with Crippen molar-refractivity contribution in [1.29, 1.82) is 0 Å². The minimum atomic E-state index is -0.302. The fourth-order valence-corrected chi connectivity index (χ4v) is 2.90. The highest BCUT2D eigenvalue weighted by atomic mass is 35.5. The summed E-state index contributed by atoms with van der Waals surface area (Å²) in [6.45, 7) is 0. The van der Waals surface area contributed by atoms with Gasteiger partial charge in [-0.15, -0.1) is 0 Å². The molecule has 0 radical (unpaired) electrons. The average molecular weight is 355 g/mol. The Hall–Kier alpha value is -2.99. The largest absolute Gasteiger partial charge is 0.496 e. The lowest BCUT2D eigenvalue weighted by Gasteiger charge is -2.10. The SMILES string of the molecule is COc1ccncc1-c1cc(Cl)nn2c(-c3ccc(F)cc3)cnc12. The van der Waals surface area contributed by atoms with E-state index in [2.05, 4.69) is 15.1 Å². The topological polar surface area (TPSA) is 52.3 Å². The molecule has 25 heavy (non-hydrogen) atoms. The molecule has 124 valence electrons. The number of ether oxygens (including phenoxy) is 1. The van der Waals surface area contributed by atoms with Gasteiger partial charge in [0.15, 0.2) is 10.8 Å². The van der Waals surface area contributed by atoms with Crippen LogP contribution in [0.15, 0.2) is 55.0 Å². The molecular weight excluding hydrogens is 343 g/mol. The Labute approximate surface area is 147 Å². The van der Waals surface area contributed by atoms with E-state index in [-0.39, 0.29) is 5.82 Å². The molecule has 0 amide bonds. The standard InChI is InChI=1S/C18H12ClFN4O/c1-25-16-6-7-21-9-14(16)13-8-17(19)23-24-15(10-22-18(13)24)11-2-4-12(20)5-3-11/h2-10H,1H3. The molecule has 4 rings (SSSR count). The van der Waals surface area contributed by atoms with Crippen LogP contribution in [0.3, 0.4) is 0 Å². The monoisotopic (exact) mass is 354 g/mol. The van der Waals surface area contributed by atoms with Gasteiger partial charge in [-0.25, -0.2) is 13.9 Å². The summed E-state index contributed by atoms with van der Waals surface area (Å²) < 4.78 is 20.2. The molecule has 0 saturated heterocycles. The van der Waals surface area contributed by atoms with Crippen molar-refractivity contribution in [3.8, 4) is 28.1 Å². The Morgan fingerprint density at radius 2 is 1.88 bits per heavy atom. The number of halogens is 2. The molecule has 0 atom stereocenters. The normalized spacial score (nSPS) is 11.0. The minimum Gasteiger partial charge on any atom is -0.496 e. The van der Waals surface area contributed by atoms with Crippen LogP contribution < -0.4 is 4.74 Å². The minimum absolute atomic E-state index is 0.301. The van der Waals surface area contributed by atoms with Crippen LogP contribution in [0.25, 0.3) is 28.0 Å². The zero-order valence-corrected chi connectivity index (χ0v) is 13.9. The van der Waals surface area contributed by atoms with Gasteiger partial charge in [0.05, 0.1) is 19.0 Å². The summed E-state index contributed by atoms with van der Waals surface area (Å²) in [7, 11) is 1.59. The number of aromatic nitrogens is 4. The maximum absolute atomic E-state index is 13.2. The molecule has 3 heterocycles. The number of methoxy groups -OCH3 is 1. The first-order valence-electron chi connectivity index (χ1n) is 7.46. The van der Waals surface area contributed by atoms with Crippen molar-refractivity contribution in [3.05, 3.63) is 66.0 Å². The van der Waals surface area contributed by atoms with Crippen LogP contribution in [0.2, 0.25) is 5.15 Å². The molecule has 0 N–H and O–H groups in total. The van der Waals surface area contributed by atoms with E-state index < -0.39 is 0 Å². The van der Waals surface area contributed by atoms with Gasteiger partial charge in [-0.3, -0.25) is 4.98 Å². The van der Waals surface area contributed by atoms with E-state index in [1.807, 2.05) is 0 Å². The molecular formula is C18H12ClFN4O. The fourth-order valence-electron chi connectivity index (χ4n) is 2.72. The Kier molecular flexibility index (Phi) is 3.82. The fraction of sp³-hybridized carbons (Fsp3) is 0.0556. The summed E-state index contributed by atoms with van der Waals surface area (Å²) in [5, 5.41) is 4.64. The number of nitrogens with zero attached hydrogens (tertiary/aromatic N) is 4. The molecule has 5 nitrogen and oxygen atoms in total. The zero-order valence-electron chi connectivity index (χ0n) is 13.1. The number of benzene rings is 1. The predicted octanol–water partition coefficient (Wildman–Crippen LogP) is 4.26. The third-order valence-electron chi connectivity index (χ3n) is 3.87. The van der Waals surface area contributed by atoms with Crippen molar-refractivity contribution in [2.45, 2.75) is 0 Å². The molecule has 0 saturated carbocycles. The molecule has 0 fully saturated rings. The van der Waals surface area contributed by atoms with Crippen molar-refractivity contribution in [2.24, 2.45) is 0 Å². The molecule has 0 bridgehead atoms. The molecule has 7 heteroatoms. The highest BCUT2D eigenvalue weighted by Gasteiger charge is 2.16. The van der Waals surface area contributed by atoms with Gasteiger partial charge in [0.25, 0.3) is 0 Å². The molecule has 3 aromatic heterocycles. The number of imidazole rings is 1. The Morgan fingerprint density at radius 1 is 1.08 bits per heavy atom. The molecule has 0 unspecified atom stereocenters. The predicted molar refractivity (Wildman–Crippen MR) is 93.2 cm³/mol. The van der Waals surface area contributed by atoms with Crippen LogP contribution in [0.1, 0.15) is 0 Å². The maximum Gasteiger partial charge on any atom is 0.162 e. The Balaban J connectivity index is 1.97. The lowest BCUT2D eigenvalue weighted by molar-refractivity contribution is 0.416.